The molecule has 4 rings (SSSR count). The fourth-order valence-electron chi connectivity index (χ4n) is 4.00. The number of fused-ring (bicyclic) bond motifs is 1. The van der Waals surface area contributed by atoms with E-state index in [9.17, 15) is 22.9 Å². The van der Waals surface area contributed by atoms with E-state index in [4.69, 9.17) is 27.9 Å². The Morgan fingerprint density at radius 1 is 1.05 bits per heavy atom. The van der Waals surface area contributed by atoms with Gasteiger partial charge in [-0.3, -0.25) is 9.35 Å². The number of hydrogen-bond acceptors (Lipinski definition) is 7. The number of benzene rings is 4. The predicted molar refractivity (Wildman–Crippen MR) is 149 cm³/mol. The number of halogens is 2. The summed E-state index contributed by atoms with van der Waals surface area (Å²) in [7, 11) is -4.56. The van der Waals surface area contributed by atoms with Crippen molar-refractivity contribution < 1.29 is 57.2 Å². The van der Waals surface area contributed by atoms with Crippen LogP contribution in [0.2, 0.25) is 10.0 Å². The summed E-state index contributed by atoms with van der Waals surface area (Å²) in [6, 6.07) is 15.7. The van der Waals surface area contributed by atoms with Gasteiger partial charge in [0.1, 0.15) is 10.6 Å². The number of anilines is 1. The molecule has 4 aromatic rings. The summed E-state index contributed by atoms with van der Waals surface area (Å²) in [5.41, 5.74) is 0.404. The molecule has 1 amide bonds. The molecule has 0 aliphatic rings. The fraction of sp³-hybridized carbons (Fsp3) is 0.148. The van der Waals surface area contributed by atoms with E-state index in [0.29, 0.717) is 33.8 Å². The minimum atomic E-state index is -4.56. The summed E-state index contributed by atoms with van der Waals surface area (Å²) in [5.74, 6) is -0.981. The molecular formula is C27H22Cl2N3NaO6S. The molecule has 13 heteroatoms. The third kappa shape index (κ3) is 6.95. The smallest absolute Gasteiger partial charge is 0.870 e. The van der Waals surface area contributed by atoms with Crippen molar-refractivity contribution in [3.8, 4) is 11.5 Å². The van der Waals surface area contributed by atoms with Crippen molar-refractivity contribution in [1.82, 2.24) is 0 Å². The molecule has 0 aliphatic carbocycles. The van der Waals surface area contributed by atoms with Crippen LogP contribution in [0.1, 0.15) is 29.8 Å². The van der Waals surface area contributed by atoms with E-state index in [1.807, 2.05) is 0 Å². The van der Waals surface area contributed by atoms with Gasteiger partial charge in [-0.2, -0.15) is 18.6 Å². The van der Waals surface area contributed by atoms with Crippen LogP contribution in [0.3, 0.4) is 0 Å². The van der Waals surface area contributed by atoms with Gasteiger partial charge in [0.2, 0.25) is 0 Å². The minimum Gasteiger partial charge on any atom is -0.870 e. The molecule has 0 fully saturated rings. The standard InChI is InChI=1S/C27H23Cl2N3O6S.Na/c1-3-15-11-18(14-21(29)26(15)39(35,36)37)31-32-24-19-8-6-5-7-16(19)12-20(25(24)33)27(34)30-22-13-17(28)9-10-23(22)38-4-2;/h5-14,33H,3-4H2,1-2H3,(H,30,34)(H,35,36,37);/q;+1/p-1. The van der Waals surface area contributed by atoms with Gasteiger partial charge in [0.25, 0.3) is 16.0 Å². The van der Waals surface area contributed by atoms with E-state index in [2.05, 4.69) is 15.5 Å². The van der Waals surface area contributed by atoms with E-state index >= 15 is 0 Å². The summed E-state index contributed by atoms with van der Waals surface area (Å²) < 4.78 is 38.6. The average Bonchev–Trinajstić information content (AvgIpc) is 2.88. The summed E-state index contributed by atoms with van der Waals surface area (Å²) in [6.07, 6.45) is 0.233. The zero-order chi connectivity index (χ0) is 28.3. The predicted octanol–water partition coefficient (Wildman–Crippen LogP) is 4.10. The molecule has 4 aromatic carbocycles. The van der Waals surface area contributed by atoms with Gasteiger partial charge in [0.15, 0.2) is 0 Å². The molecule has 202 valence electrons. The van der Waals surface area contributed by atoms with Crippen molar-refractivity contribution in [3.05, 3.63) is 81.8 Å². The van der Waals surface area contributed by atoms with Gasteiger partial charge >= 0.3 is 29.6 Å². The maximum Gasteiger partial charge on any atom is 1.00 e. The Labute approximate surface area is 263 Å². The Morgan fingerprint density at radius 3 is 2.45 bits per heavy atom. The number of nitrogens with zero attached hydrogens (tertiary/aromatic N) is 2. The quantitative estimate of drug-likeness (QED) is 0.175. The molecule has 0 saturated carbocycles. The number of carbonyl (C=O) groups is 1. The maximum absolute atomic E-state index is 13.5. The number of rotatable bonds is 8. The second-order valence-electron chi connectivity index (χ2n) is 8.30. The normalized spacial score (nSPS) is 11.4. The number of amides is 1. The molecule has 0 unspecified atom stereocenters. The first-order valence-electron chi connectivity index (χ1n) is 11.7. The zero-order valence-electron chi connectivity index (χ0n) is 21.7. The number of carbonyl (C=O) groups excluding carboxylic acids is 1. The molecule has 0 atom stereocenters. The SMILES string of the molecule is CCOc1ccc(Cl)cc1NC(=O)c1cc2ccccc2c(N=Nc2cc(Cl)c(S(=O)(=O)O)c(CC)c2)c1[O-].[Na+]. The van der Waals surface area contributed by atoms with Crippen LogP contribution in [0.4, 0.5) is 17.1 Å². The third-order valence-electron chi connectivity index (χ3n) is 5.72. The number of nitrogens with one attached hydrogen (secondary N) is 1. The first-order chi connectivity index (χ1) is 18.5. The second-order valence-corrected chi connectivity index (χ2v) is 10.5. The third-order valence-corrected chi connectivity index (χ3v) is 7.36. The van der Waals surface area contributed by atoms with Crippen LogP contribution >= 0.6 is 23.2 Å². The Morgan fingerprint density at radius 2 is 1.77 bits per heavy atom. The van der Waals surface area contributed by atoms with Gasteiger partial charge < -0.3 is 15.2 Å². The van der Waals surface area contributed by atoms with Crippen molar-refractivity contribution in [2.24, 2.45) is 10.2 Å². The van der Waals surface area contributed by atoms with E-state index in [1.54, 1.807) is 50.2 Å². The Balaban J connectivity index is 0.00000441. The zero-order valence-corrected chi connectivity index (χ0v) is 26.1. The summed E-state index contributed by atoms with van der Waals surface area (Å²) in [6.45, 7) is 3.83. The van der Waals surface area contributed by atoms with E-state index in [-0.39, 0.29) is 63.5 Å². The van der Waals surface area contributed by atoms with Crippen LogP contribution in [0.25, 0.3) is 10.8 Å². The van der Waals surface area contributed by atoms with Gasteiger partial charge in [-0.05, 0) is 60.7 Å². The Kier molecular flexibility index (Phi) is 10.6. The van der Waals surface area contributed by atoms with Crippen molar-refractivity contribution >= 4 is 67.1 Å². The maximum atomic E-state index is 13.5. The largest absolute Gasteiger partial charge is 1.00 e. The van der Waals surface area contributed by atoms with E-state index in [0.717, 1.165) is 0 Å². The molecular weight excluding hydrogens is 588 g/mol. The molecule has 0 aliphatic heterocycles. The summed E-state index contributed by atoms with van der Waals surface area (Å²) in [5, 5.41) is 25.6. The first-order valence-corrected chi connectivity index (χ1v) is 13.9. The number of hydrogen-bond donors (Lipinski definition) is 2. The molecule has 0 aromatic heterocycles. The van der Waals surface area contributed by atoms with Crippen molar-refractivity contribution in [3.63, 3.8) is 0 Å². The van der Waals surface area contributed by atoms with Crippen LogP contribution < -0.4 is 44.7 Å². The van der Waals surface area contributed by atoms with Gasteiger partial charge in [-0.15, -0.1) is 0 Å². The number of azo groups is 1. The molecule has 0 radical (unpaired) electrons. The molecule has 2 N–H and O–H groups in total. The van der Waals surface area contributed by atoms with Gasteiger partial charge in [0.05, 0.1) is 28.7 Å². The monoisotopic (exact) mass is 609 g/mol. The van der Waals surface area contributed by atoms with Crippen LogP contribution in [0.15, 0.2) is 75.8 Å². The van der Waals surface area contributed by atoms with E-state index < -0.39 is 26.7 Å². The fourth-order valence-corrected chi connectivity index (χ4v) is 5.54. The topological polar surface area (TPSA) is 140 Å². The van der Waals surface area contributed by atoms with Crippen molar-refractivity contribution in [2.45, 2.75) is 25.2 Å². The van der Waals surface area contributed by atoms with Gasteiger partial charge in [-0.1, -0.05) is 60.1 Å². The summed E-state index contributed by atoms with van der Waals surface area (Å²) >= 11 is 12.2. The van der Waals surface area contributed by atoms with Crippen LogP contribution in [-0.2, 0) is 16.5 Å². The van der Waals surface area contributed by atoms with Crippen LogP contribution in [-0.4, -0.2) is 25.5 Å². The molecule has 9 nitrogen and oxygen atoms in total. The molecule has 0 saturated heterocycles. The van der Waals surface area contributed by atoms with Crippen LogP contribution in [0, 0.1) is 0 Å². The number of ether oxygens (including phenoxy) is 1. The molecule has 0 spiro atoms. The molecule has 40 heavy (non-hydrogen) atoms. The van der Waals surface area contributed by atoms with Gasteiger partial charge in [-0.25, -0.2) is 0 Å². The van der Waals surface area contributed by atoms with E-state index in [1.165, 1.54) is 24.3 Å². The Bertz CT molecular complexity index is 1730. The minimum absolute atomic E-state index is 0. The molecule has 0 bridgehead atoms. The van der Waals surface area contributed by atoms with Crippen molar-refractivity contribution in [2.75, 3.05) is 11.9 Å². The first kappa shape index (κ1) is 31.8. The summed E-state index contributed by atoms with van der Waals surface area (Å²) in [4.78, 5) is 12.8. The van der Waals surface area contributed by atoms with Gasteiger partial charge in [0, 0.05) is 16.0 Å². The molecule has 0 heterocycles. The van der Waals surface area contributed by atoms with Crippen LogP contribution in [0.5, 0.6) is 11.5 Å². The number of aryl methyl sites for hydroxylation is 1. The Hall–Kier alpha value is -2.70. The van der Waals surface area contributed by atoms with Crippen molar-refractivity contribution in [1.29, 1.82) is 0 Å². The second kappa shape index (κ2) is 13.3. The average molecular weight is 610 g/mol.